The Morgan fingerprint density at radius 3 is 2.90 bits per heavy atom. The lowest BCUT2D eigenvalue weighted by Crippen LogP contribution is -2.39. The second-order valence-electron chi connectivity index (χ2n) is 5.85. The van der Waals surface area contributed by atoms with Crippen LogP contribution in [0.5, 0.6) is 0 Å². The van der Waals surface area contributed by atoms with Crippen LogP contribution in [0.4, 0.5) is 0 Å². The average Bonchev–Trinajstić information content (AvgIpc) is 2.88. The second-order valence-corrected chi connectivity index (χ2v) is 6.76. The van der Waals surface area contributed by atoms with Gasteiger partial charge in [-0.25, -0.2) is 4.98 Å². The molecule has 1 aromatic heterocycles. The van der Waals surface area contributed by atoms with Crippen LogP contribution in [0, 0.1) is 0 Å². The molecule has 0 unspecified atom stereocenters. The number of halogens is 1. The summed E-state index contributed by atoms with van der Waals surface area (Å²) < 4.78 is 3.43. The number of hydrogen-bond donors (Lipinski definition) is 1. The summed E-state index contributed by atoms with van der Waals surface area (Å²) in [6, 6.07) is 8.49. The van der Waals surface area contributed by atoms with Gasteiger partial charge in [-0.15, -0.1) is 0 Å². The minimum Gasteiger partial charge on any atom is -0.330 e. The first-order valence-electron chi connectivity index (χ1n) is 7.13. The van der Waals surface area contributed by atoms with Gasteiger partial charge in [-0.3, -0.25) is 0 Å². The molecule has 0 bridgehead atoms. The first-order chi connectivity index (χ1) is 9.67. The molecular weight excluding hydrogens is 314 g/mol. The molecule has 1 fully saturated rings. The van der Waals surface area contributed by atoms with E-state index in [0.717, 1.165) is 24.1 Å². The van der Waals surface area contributed by atoms with Crippen molar-refractivity contribution in [2.75, 3.05) is 13.1 Å². The number of aromatic nitrogens is 2. The summed E-state index contributed by atoms with van der Waals surface area (Å²) in [6.45, 7) is 5.44. The van der Waals surface area contributed by atoms with Crippen LogP contribution in [0.1, 0.15) is 31.0 Å². The Morgan fingerprint density at radius 1 is 1.35 bits per heavy atom. The van der Waals surface area contributed by atoms with Gasteiger partial charge in [0.2, 0.25) is 0 Å². The zero-order valence-corrected chi connectivity index (χ0v) is 13.4. The van der Waals surface area contributed by atoms with Crippen LogP contribution in [-0.4, -0.2) is 22.6 Å². The number of nitrogens with one attached hydrogen (secondary N) is 1. The third-order valence-electron chi connectivity index (χ3n) is 4.28. The third-order valence-corrected chi connectivity index (χ3v) is 4.77. The summed E-state index contributed by atoms with van der Waals surface area (Å²) in [4.78, 5) is 4.39. The maximum Gasteiger partial charge on any atom is 0.0951 e. The van der Waals surface area contributed by atoms with Crippen LogP contribution in [0.15, 0.2) is 41.3 Å². The Morgan fingerprint density at radius 2 is 2.15 bits per heavy atom. The molecule has 1 N–H and O–H groups in total. The molecule has 1 aliphatic rings. The van der Waals surface area contributed by atoms with Gasteiger partial charge in [0.05, 0.1) is 6.33 Å². The Bertz CT molecular complexity index is 585. The third kappa shape index (κ3) is 2.81. The van der Waals surface area contributed by atoms with Gasteiger partial charge in [-0.2, -0.15) is 0 Å². The maximum absolute atomic E-state index is 4.39. The maximum atomic E-state index is 4.39. The van der Waals surface area contributed by atoms with E-state index in [4.69, 9.17) is 0 Å². The van der Waals surface area contributed by atoms with Crippen molar-refractivity contribution in [3.05, 3.63) is 52.5 Å². The van der Waals surface area contributed by atoms with Crippen molar-refractivity contribution >= 4 is 15.9 Å². The predicted molar refractivity (Wildman–Crippen MR) is 84.9 cm³/mol. The lowest BCUT2D eigenvalue weighted by Gasteiger charge is -2.34. The van der Waals surface area contributed by atoms with E-state index in [1.807, 2.05) is 12.5 Å². The topological polar surface area (TPSA) is 29.9 Å². The Hall–Kier alpha value is -1.13. The molecule has 2 aromatic rings. The normalized spacial score (nSPS) is 18.1. The fraction of sp³-hybridized carbons (Fsp3) is 0.438. The molecule has 0 radical (unpaired) electrons. The van der Waals surface area contributed by atoms with E-state index < -0.39 is 0 Å². The minimum absolute atomic E-state index is 0.244. The molecule has 0 spiro atoms. The van der Waals surface area contributed by atoms with Crippen molar-refractivity contribution in [1.29, 1.82) is 0 Å². The molecule has 3 rings (SSSR count). The highest BCUT2D eigenvalue weighted by atomic mass is 79.9. The van der Waals surface area contributed by atoms with E-state index in [1.54, 1.807) is 0 Å². The largest absolute Gasteiger partial charge is 0.330 e. The number of rotatable bonds is 3. The summed E-state index contributed by atoms with van der Waals surface area (Å²) >= 11 is 3.54. The highest BCUT2D eigenvalue weighted by Crippen LogP contribution is 2.32. The monoisotopic (exact) mass is 333 g/mol. The molecule has 106 valence electrons. The van der Waals surface area contributed by atoms with Gasteiger partial charge in [-0.1, -0.05) is 35.0 Å². The standard InChI is InChI=1S/C16H20BrN3/c1-16(5-7-18-8-6-16)15-10-19-12-20(15)11-13-3-2-4-14(17)9-13/h2-4,9-10,12,18H,5-8,11H2,1H3. The molecule has 0 saturated carbocycles. The summed E-state index contributed by atoms with van der Waals surface area (Å²) in [5.41, 5.74) is 2.91. The predicted octanol–water partition coefficient (Wildman–Crippen LogP) is 3.34. The average molecular weight is 334 g/mol. The molecule has 0 atom stereocenters. The summed E-state index contributed by atoms with van der Waals surface area (Å²) in [6.07, 6.45) is 6.36. The number of imidazole rings is 1. The van der Waals surface area contributed by atoms with Crippen molar-refractivity contribution in [1.82, 2.24) is 14.9 Å². The number of nitrogens with zero attached hydrogens (tertiary/aromatic N) is 2. The SMILES string of the molecule is CC1(c2cncn2Cc2cccc(Br)c2)CCNCC1. The molecular formula is C16H20BrN3. The van der Waals surface area contributed by atoms with Crippen LogP contribution in [0.2, 0.25) is 0 Å². The molecule has 1 saturated heterocycles. The van der Waals surface area contributed by atoms with E-state index in [-0.39, 0.29) is 5.41 Å². The molecule has 2 heterocycles. The Balaban J connectivity index is 1.86. The molecule has 0 amide bonds. The first-order valence-corrected chi connectivity index (χ1v) is 7.92. The van der Waals surface area contributed by atoms with Crippen molar-refractivity contribution in [3.63, 3.8) is 0 Å². The van der Waals surface area contributed by atoms with Gasteiger partial charge in [0, 0.05) is 28.3 Å². The molecule has 0 aliphatic carbocycles. The number of benzene rings is 1. The van der Waals surface area contributed by atoms with Crippen molar-refractivity contribution in [3.8, 4) is 0 Å². The number of hydrogen-bond acceptors (Lipinski definition) is 2. The van der Waals surface area contributed by atoms with Crippen LogP contribution in [0.3, 0.4) is 0 Å². The Labute approximate surface area is 128 Å². The van der Waals surface area contributed by atoms with Gasteiger partial charge >= 0.3 is 0 Å². The van der Waals surface area contributed by atoms with Gasteiger partial charge in [-0.05, 0) is 43.6 Å². The molecule has 1 aromatic carbocycles. The van der Waals surface area contributed by atoms with Gasteiger partial charge in [0.25, 0.3) is 0 Å². The van der Waals surface area contributed by atoms with E-state index in [9.17, 15) is 0 Å². The summed E-state index contributed by atoms with van der Waals surface area (Å²) in [7, 11) is 0. The van der Waals surface area contributed by atoms with E-state index in [1.165, 1.54) is 24.1 Å². The lowest BCUT2D eigenvalue weighted by atomic mass is 9.78. The summed E-state index contributed by atoms with van der Waals surface area (Å²) in [5, 5.41) is 3.44. The van der Waals surface area contributed by atoms with Gasteiger partial charge in [0.1, 0.15) is 0 Å². The molecule has 4 heteroatoms. The van der Waals surface area contributed by atoms with E-state index in [2.05, 4.69) is 62.0 Å². The van der Waals surface area contributed by atoms with E-state index in [0.29, 0.717) is 0 Å². The van der Waals surface area contributed by atoms with Crippen LogP contribution < -0.4 is 5.32 Å². The summed E-state index contributed by atoms with van der Waals surface area (Å²) in [5.74, 6) is 0. The zero-order valence-electron chi connectivity index (χ0n) is 11.8. The van der Waals surface area contributed by atoms with Crippen LogP contribution in [0.25, 0.3) is 0 Å². The van der Waals surface area contributed by atoms with Crippen molar-refractivity contribution in [2.45, 2.75) is 31.7 Å². The van der Waals surface area contributed by atoms with Gasteiger partial charge < -0.3 is 9.88 Å². The highest BCUT2D eigenvalue weighted by Gasteiger charge is 2.31. The minimum atomic E-state index is 0.244. The second kappa shape index (κ2) is 5.70. The van der Waals surface area contributed by atoms with Crippen LogP contribution >= 0.6 is 15.9 Å². The van der Waals surface area contributed by atoms with Crippen molar-refractivity contribution < 1.29 is 0 Å². The quantitative estimate of drug-likeness (QED) is 0.933. The fourth-order valence-corrected chi connectivity index (χ4v) is 3.46. The van der Waals surface area contributed by atoms with Crippen molar-refractivity contribution in [2.24, 2.45) is 0 Å². The first kappa shape index (κ1) is 13.8. The Kier molecular flexibility index (Phi) is 3.94. The molecule has 20 heavy (non-hydrogen) atoms. The van der Waals surface area contributed by atoms with Gasteiger partial charge in [0.15, 0.2) is 0 Å². The van der Waals surface area contributed by atoms with Crippen LogP contribution in [-0.2, 0) is 12.0 Å². The fourth-order valence-electron chi connectivity index (χ4n) is 3.02. The smallest absolute Gasteiger partial charge is 0.0951 e. The lowest BCUT2D eigenvalue weighted by molar-refractivity contribution is 0.318. The molecule has 3 nitrogen and oxygen atoms in total. The molecule has 1 aliphatic heterocycles. The number of piperidine rings is 1. The van der Waals surface area contributed by atoms with E-state index >= 15 is 0 Å². The zero-order chi connectivity index (χ0) is 14.0. The highest BCUT2D eigenvalue weighted by molar-refractivity contribution is 9.10.